The Kier molecular flexibility index (Phi) is 4.45. The molecule has 2 aliphatic rings. The maximum atomic E-state index is 2.70. The molecule has 0 aromatic heterocycles. The summed E-state index contributed by atoms with van der Waals surface area (Å²) in [5.74, 6) is 0. The Morgan fingerprint density at radius 1 is 0.833 bits per heavy atom. The molecule has 0 heterocycles. The number of nitrogens with zero attached hydrogens (tertiary/aromatic N) is 1. The fourth-order valence-electron chi connectivity index (χ4n) is 4.69. The quantitative estimate of drug-likeness (QED) is 0.679. The minimum absolute atomic E-state index is 0.613. The molecule has 1 atom stereocenters. The summed E-state index contributed by atoms with van der Waals surface area (Å²) in [7, 11) is 2.37. The van der Waals surface area contributed by atoms with E-state index in [4.69, 9.17) is 0 Å². The van der Waals surface area contributed by atoms with Crippen molar-refractivity contribution in [2.75, 3.05) is 7.05 Å². The summed E-state index contributed by atoms with van der Waals surface area (Å²) in [6.07, 6.45) is 9.50. The van der Waals surface area contributed by atoms with Crippen LogP contribution in [0.5, 0.6) is 0 Å². The number of aryl methyl sites for hydroxylation is 2. The van der Waals surface area contributed by atoms with Gasteiger partial charge in [-0.15, -0.1) is 0 Å². The fourth-order valence-corrected chi connectivity index (χ4v) is 4.69. The Bertz CT molecular complexity index is 694. The van der Waals surface area contributed by atoms with Gasteiger partial charge in [-0.3, -0.25) is 4.90 Å². The van der Waals surface area contributed by atoms with Gasteiger partial charge >= 0.3 is 0 Å². The SMILES string of the molecule is Cc1ccc(-c2ccc3c(c2)C(N(C)C2CCCC2)CCC3)cc1. The lowest BCUT2D eigenvalue weighted by Gasteiger charge is -2.37. The summed E-state index contributed by atoms with van der Waals surface area (Å²) in [6.45, 7) is 2.16. The first-order valence-electron chi connectivity index (χ1n) is 9.64. The lowest BCUT2D eigenvalue weighted by Crippen LogP contribution is -2.35. The molecule has 126 valence electrons. The maximum Gasteiger partial charge on any atom is 0.0351 e. The summed E-state index contributed by atoms with van der Waals surface area (Å²) in [4.78, 5) is 2.70. The number of hydrogen-bond acceptors (Lipinski definition) is 1. The molecule has 1 saturated carbocycles. The van der Waals surface area contributed by atoms with Gasteiger partial charge in [0.2, 0.25) is 0 Å². The molecular formula is C23H29N. The van der Waals surface area contributed by atoms with Crippen LogP contribution in [0.1, 0.15) is 61.3 Å². The fraction of sp³-hybridized carbons (Fsp3) is 0.478. The van der Waals surface area contributed by atoms with Crippen LogP contribution in [0.2, 0.25) is 0 Å². The Hall–Kier alpha value is -1.60. The van der Waals surface area contributed by atoms with Crippen molar-refractivity contribution in [3.63, 3.8) is 0 Å². The second-order valence-electron chi connectivity index (χ2n) is 7.79. The molecule has 0 aliphatic heterocycles. The lowest BCUT2D eigenvalue weighted by atomic mass is 9.84. The summed E-state index contributed by atoms with van der Waals surface area (Å²) < 4.78 is 0. The molecule has 24 heavy (non-hydrogen) atoms. The third-order valence-electron chi connectivity index (χ3n) is 6.21. The van der Waals surface area contributed by atoms with Gasteiger partial charge < -0.3 is 0 Å². The standard InChI is InChI=1S/C23H29N/c1-17-10-12-18(13-11-17)20-15-14-19-6-5-9-23(22(19)16-20)24(2)21-7-3-4-8-21/h10-16,21,23H,3-9H2,1-2H3. The van der Waals surface area contributed by atoms with Crippen molar-refractivity contribution in [3.8, 4) is 11.1 Å². The maximum absolute atomic E-state index is 2.70. The Morgan fingerprint density at radius 2 is 1.54 bits per heavy atom. The van der Waals surface area contributed by atoms with Crippen LogP contribution in [-0.2, 0) is 6.42 Å². The molecule has 0 N–H and O–H groups in total. The van der Waals surface area contributed by atoms with Gasteiger partial charge in [-0.2, -0.15) is 0 Å². The van der Waals surface area contributed by atoms with Gasteiger partial charge in [-0.1, -0.05) is 54.8 Å². The zero-order valence-corrected chi connectivity index (χ0v) is 15.1. The van der Waals surface area contributed by atoms with E-state index in [0.717, 1.165) is 6.04 Å². The minimum atomic E-state index is 0.613. The van der Waals surface area contributed by atoms with Gasteiger partial charge in [0.05, 0.1) is 0 Å². The highest BCUT2D eigenvalue weighted by atomic mass is 15.2. The van der Waals surface area contributed by atoms with Gasteiger partial charge in [-0.25, -0.2) is 0 Å². The van der Waals surface area contributed by atoms with Crippen LogP contribution in [0, 0.1) is 6.92 Å². The summed E-state index contributed by atoms with van der Waals surface area (Å²) in [5.41, 5.74) is 7.22. The van der Waals surface area contributed by atoms with Gasteiger partial charge in [0.25, 0.3) is 0 Å². The van der Waals surface area contributed by atoms with Crippen molar-refractivity contribution < 1.29 is 0 Å². The van der Waals surface area contributed by atoms with Crippen molar-refractivity contribution in [1.82, 2.24) is 4.90 Å². The molecule has 1 heteroatoms. The zero-order chi connectivity index (χ0) is 16.5. The minimum Gasteiger partial charge on any atom is -0.296 e. The van der Waals surface area contributed by atoms with Crippen LogP contribution in [0.25, 0.3) is 11.1 Å². The molecule has 0 spiro atoms. The van der Waals surface area contributed by atoms with Crippen LogP contribution in [0.3, 0.4) is 0 Å². The molecule has 4 rings (SSSR count). The molecule has 0 amide bonds. The third-order valence-corrected chi connectivity index (χ3v) is 6.21. The molecule has 0 bridgehead atoms. The summed E-state index contributed by atoms with van der Waals surface area (Å²) >= 11 is 0. The predicted octanol–water partition coefficient (Wildman–Crippen LogP) is 5.91. The van der Waals surface area contributed by atoms with Gasteiger partial charge in [0.1, 0.15) is 0 Å². The molecule has 2 aliphatic carbocycles. The third kappa shape index (κ3) is 3.02. The van der Waals surface area contributed by atoms with Crippen LogP contribution < -0.4 is 0 Å². The van der Waals surface area contributed by atoms with Gasteiger partial charge in [0.15, 0.2) is 0 Å². The first kappa shape index (κ1) is 15.9. The van der Waals surface area contributed by atoms with E-state index in [1.54, 1.807) is 11.1 Å². The highest BCUT2D eigenvalue weighted by Crippen LogP contribution is 2.39. The average molecular weight is 319 g/mol. The molecular weight excluding hydrogens is 290 g/mol. The number of rotatable bonds is 3. The van der Waals surface area contributed by atoms with Crippen LogP contribution >= 0.6 is 0 Å². The highest BCUT2D eigenvalue weighted by Gasteiger charge is 2.29. The van der Waals surface area contributed by atoms with Crippen LogP contribution in [-0.4, -0.2) is 18.0 Å². The first-order chi connectivity index (χ1) is 11.7. The Morgan fingerprint density at radius 3 is 2.29 bits per heavy atom. The monoisotopic (exact) mass is 319 g/mol. The number of benzene rings is 2. The van der Waals surface area contributed by atoms with Crippen molar-refractivity contribution in [1.29, 1.82) is 0 Å². The lowest BCUT2D eigenvalue weighted by molar-refractivity contribution is 0.159. The second kappa shape index (κ2) is 6.72. The highest BCUT2D eigenvalue weighted by molar-refractivity contribution is 5.65. The molecule has 0 saturated heterocycles. The Balaban J connectivity index is 1.67. The first-order valence-corrected chi connectivity index (χ1v) is 9.64. The summed E-state index contributed by atoms with van der Waals surface area (Å²) in [6, 6.07) is 17.6. The average Bonchev–Trinajstić information content (AvgIpc) is 3.15. The van der Waals surface area contributed by atoms with Gasteiger partial charge in [-0.05, 0) is 74.4 Å². The molecule has 1 nitrogen and oxygen atoms in total. The van der Waals surface area contributed by atoms with Crippen LogP contribution in [0.4, 0.5) is 0 Å². The topological polar surface area (TPSA) is 3.24 Å². The van der Waals surface area contributed by atoms with Crippen molar-refractivity contribution in [2.45, 2.75) is 64.0 Å². The normalized spacial score (nSPS) is 21.2. The van der Waals surface area contributed by atoms with E-state index in [9.17, 15) is 0 Å². The molecule has 0 radical (unpaired) electrons. The van der Waals surface area contributed by atoms with Gasteiger partial charge in [0, 0.05) is 12.1 Å². The van der Waals surface area contributed by atoms with Crippen molar-refractivity contribution in [2.24, 2.45) is 0 Å². The Labute approximate surface area is 146 Å². The smallest absolute Gasteiger partial charge is 0.0351 e. The number of fused-ring (bicyclic) bond motifs is 1. The van der Waals surface area contributed by atoms with E-state index >= 15 is 0 Å². The van der Waals surface area contributed by atoms with E-state index in [1.165, 1.54) is 61.6 Å². The van der Waals surface area contributed by atoms with E-state index < -0.39 is 0 Å². The summed E-state index contributed by atoms with van der Waals surface area (Å²) in [5, 5.41) is 0. The van der Waals surface area contributed by atoms with E-state index in [-0.39, 0.29) is 0 Å². The number of hydrogen-bond donors (Lipinski definition) is 0. The van der Waals surface area contributed by atoms with Crippen molar-refractivity contribution in [3.05, 3.63) is 59.2 Å². The van der Waals surface area contributed by atoms with E-state index in [1.807, 2.05) is 0 Å². The molecule has 1 fully saturated rings. The molecule has 2 aromatic rings. The van der Waals surface area contributed by atoms with E-state index in [2.05, 4.69) is 61.3 Å². The van der Waals surface area contributed by atoms with Crippen LogP contribution in [0.15, 0.2) is 42.5 Å². The zero-order valence-electron chi connectivity index (χ0n) is 15.1. The van der Waals surface area contributed by atoms with Crippen molar-refractivity contribution >= 4 is 0 Å². The predicted molar refractivity (Wildman–Crippen MR) is 102 cm³/mol. The molecule has 2 aromatic carbocycles. The largest absolute Gasteiger partial charge is 0.296 e. The second-order valence-corrected chi connectivity index (χ2v) is 7.79. The molecule has 1 unspecified atom stereocenters. The van der Waals surface area contributed by atoms with E-state index in [0.29, 0.717) is 6.04 Å².